The van der Waals surface area contributed by atoms with Crippen molar-refractivity contribution in [3.63, 3.8) is 0 Å². The van der Waals surface area contributed by atoms with E-state index in [0.29, 0.717) is 12.0 Å². The fourth-order valence-electron chi connectivity index (χ4n) is 6.36. The first-order valence-corrected chi connectivity index (χ1v) is 13.2. The van der Waals surface area contributed by atoms with Crippen LogP contribution < -0.4 is 5.32 Å². The molecule has 2 fully saturated rings. The number of carboxylic acids is 1. The summed E-state index contributed by atoms with van der Waals surface area (Å²) in [7, 11) is 4.05. The molecule has 7 heteroatoms. The third kappa shape index (κ3) is 6.56. The zero-order chi connectivity index (χ0) is 25.6. The fourth-order valence-corrected chi connectivity index (χ4v) is 6.36. The van der Waals surface area contributed by atoms with Gasteiger partial charge in [-0.05, 0) is 64.8 Å². The van der Waals surface area contributed by atoms with Gasteiger partial charge in [0.05, 0.1) is 17.6 Å². The summed E-state index contributed by atoms with van der Waals surface area (Å²) < 4.78 is 5.25. The number of ether oxygens (including phenoxy) is 1. The minimum Gasteiger partial charge on any atom is -0.481 e. The molecule has 0 radical (unpaired) electrons. The highest BCUT2D eigenvalue weighted by atomic mass is 16.6. The summed E-state index contributed by atoms with van der Waals surface area (Å²) >= 11 is 0. The number of nitrogens with one attached hydrogen (secondary N) is 1. The topological polar surface area (TPSA) is 99.1 Å². The molecule has 0 bridgehead atoms. The summed E-state index contributed by atoms with van der Waals surface area (Å²) in [4.78, 5) is 27.2. The lowest BCUT2D eigenvalue weighted by Crippen LogP contribution is -2.46. The van der Waals surface area contributed by atoms with Crippen LogP contribution in [0.2, 0.25) is 0 Å². The van der Waals surface area contributed by atoms with E-state index in [1.165, 1.54) is 0 Å². The van der Waals surface area contributed by atoms with Gasteiger partial charge in [0.2, 0.25) is 0 Å². The van der Waals surface area contributed by atoms with E-state index >= 15 is 0 Å². The van der Waals surface area contributed by atoms with Gasteiger partial charge in [0.1, 0.15) is 0 Å². The molecule has 2 aliphatic carbocycles. The van der Waals surface area contributed by atoms with Crippen molar-refractivity contribution in [1.82, 2.24) is 10.2 Å². The van der Waals surface area contributed by atoms with E-state index in [9.17, 15) is 19.8 Å². The van der Waals surface area contributed by atoms with Gasteiger partial charge in [-0.15, -0.1) is 0 Å². The van der Waals surface area contributed by atoms with E-state index in [1.54, 1.807) is 13.8 Å². The van der Waals surface area contributed by atoms with Crippen molar-refractivity contribution < 1.29 is 24.5 Å². The van der Waals surface area contributed by atoms with Crippen LogP contribution in [0.5, 0.6) is 0 Å². The summed E-state index contributed by atoms with van der Waals surface area (Å²) in [5.41, 5.74) is -0.0538. The normalized spacial score (nSPS) is 25.3. The number of carbonyl (C=O) groups excluding carboxylic acids is 1. The van der Waals surface area contributed by atoms with Crippen LogP contribution in [-0.2, 0) is 15.1 Å². The quantitative estimate of drug-likeness (QED) is 0.458. The SMILES string of the molecule is CC(C)OC(=O)NCC1(C(C(=O)O)c2cccc(C3(O)CCCCC3CN(C)C)c2)CCCCC1. The van der Waals surface area contributed by atoms with E-state index in [0.717, 1.165) is 63.5 Å². The van der Waals surface area contributed by atoms with Crippen molar-refractivity contribution in [2.24, 2.45) is 11.3 Å². The molecule has 0 aliphatic heterocycles. The van der Waals surface area contributed by atoms with E-state index in [-0.39, 0.29) is 18.6 Å². The van der Waals surface area contributed by atoms with Crippen LogP contribution >= 0.6 is 0 Å². The minimum atomic E-state index is -0.972. The Morgan fingerprint density at radius 2 is 1.80 bits per heavy atom. The highest BCUT2D eigenvalue weighted by Gasteiger charge is 2.46. The number of alkyl carbamates (subject to hydrolysis) is 1. The lowest BCUT2D eigenvalue weighted by atomic mass is 9.63. The number of carboxylic acid groups (broad SMARTS) is 1. The Hall–Kier alpha value is -2.12. The maximum absolute atomic E-state index is 12.8. The Morgan fingerprint density at radius 1 is 1.11 bits per heavy atom. The fraction of sp³-hybridized carbons (Fsp3) is 0.714. The average Bonchev–Trinajstić information content (AvgIpc) is 2.79. The Bertz CT molecular complexity index is 865. The summed E-state index contributed by atoms with van der Waals surface area (Å²) in [5.74, 6) is -1.56. The van der Waals surface area contributed by atoms with Gasteiger partial charge in [-0.25, -0.2) is 4.79 Å². The van der Waals surface area contributed by atoms with Crippen molar-refractivity contribution in [3.05, 3.63) is 35.4 Å². The largest absolute Gasteiger partial charge is 0.481 e. The summed E-state index contributed by atoms with van der Waals surface area (Å²) in [6.07, 6.45) is 7.32. The second-order valence-electron chi connectivity index (χ2n) is 11.3. The molecule has 1 aromatic rings. The van der Waals surface area contributed by atoms with Crippen molar-refractivity contribution >= 4 is 12.1 Å². The first-order chi connectivity index (χ1) is 16.6. The van der Waals surface area contributed by atoms with Crippen LogP contribution in [0, 0.1) is 11.3 Å². The number of rotatable bonds is 9. The molecule has 3 N–H and O–H groups in total. The standard InChI is InChI=1S/C28H44N2O5/c1-20(2)35-26(33)29-19-27(14-7-5-8-15-27)24(25(31)32)21-11-10-13-22(17-21)28(34)16-9-6-12-23(28)18-30(3)4/h10-11,13,17,20,23-24,34H,5-9,12,14-16,18-19H2,1-4H3,(H,29,33)(H,31,32). The number of aliphatic hydroxyl groups is 1. The highest BCUT2D eigenvalue weighted by molar-refractivity contribution is 5.78. The van der Waals surface area contributed by atoms with Crippen LogP contribution in [0.3, 0.4) is 0 Å². The molecule has 7 nitrogen and oxygen atoms in total. The van der Waals surface area contributed by atoms with Gasteiger partial charge in [-0.3, -0.25) is 4.79 Å². The monoisotopic (exact) mass is 488 g/mol. The van der Waals surface area contributed by atoms with Crippen molar-refractivity contribution in [2.45, 2.75) is 89.3 Å². The van der Waals surface area contributed by atoms with Crippen LogP contribution in [0.4, 0.5) is 4.79 Å². The first kappa shape index (κ1) is 27.5. The van der Waals surface area contributed by atoms with Gasteiger partial charge in [0.15, 0.2) is 0 Å². The maximum atomic E-state index is 12.8. The molecule has 196 valence electrons. The zero-order valence-electron chi connectivity index (χ0n) is 21.9. The Kier molecular flexibility index (Phi) is 9.22. The average molecular weight is 489 g/mol. The van der Waals surface area contributed by atoms with Crippen molar-refractivity contribution in [2.75, 3.05) is 27.2 Å². The van der Waals surface area contributed by atoms with E-state index in [4.69, 9.17) is 4.74 Å². The van der Waals surface area contributed by atoms with Gasteiger partial charge < -0.3 is 25.2 Å². The third-order valence-corrected chi connectivity index (χ3v) is 7.98. The first-order valence-electron chi connectivity index (χ1n) is 13.2. The highest BCUT2D eigenvalue weighted by Crippen LogP contribution is 2.49. The lowest BCUT2D eigenvalue weighted by Gasteiger charge is -2.44. The molecule has 1 aromatic carbocycles. The lowest BCUT2D eigenvalue weighted by molar-refractivity contribution is -0.143. The second kappa shape index (κ2) is 11.7. The van der Waals surface area contributed by atoms with Crippen LogP contribution in [-0.4, -0.2) is 60.5 Å². The molecule has 2 saturated carbocycles. The van der Waals surface area contributed by atoms with Gasteiger partial charge >= 0.3 is 12.1 Å². The van der Waals surface area contributed by atoms with E-state index < -0.39 is 29.0 Å². The predicted molar refractivity (Wildman–Crippen MR) is 136 cm³/mol. The molecule has 1 amide bonds. The number of benzene rings is 1. The predicted octanol–water partition coefficient (Wildman–Crippen LogP) is 4.88. The molecule has 3 unspecified atom stereocenters. The summed E-state index contributed by atoms with van der Waals surface area (Å²) in [5, 5.41) is 25.2. The van der Waals surface area contributed by atoms with E-state index in [1.807, 2.05) is 38.4 Å². The number of hydrogen-bond acceptors (Lipinski definition) is 5. The number of hydrogen-bond donors (Lipinski definition) is 3. The molecule has 35 heavy (non-hydrogen) atoms. The van der Waals surface area contributed by atoms with Crippen LogP contribution in [0.15, 0.2) is 24.3 Å². The molecular formula is C28H44N2O5. The van der Waals surface area contributed by atoms with Gasteiger partial charge in [0.25, 0.3) is 0 Å². The summed E-state index contributed by atoms with van der Waals surface area (Å²) in [6.45, 7) is 4.63. The van der Waals surface area contributed by atoms with Crippen molar-refractivity contribution in [3.8, 4) is 0 Å². The van der Waals surface area contributed by atoms with E-state index in [2.05, 4.69) is 10.2 Å². The molecule has 0 saturated heterocycles. The smallest absolute Gasteiger partial charge is 0.407 e. The maximum Gasteiger partial charge on any atom is 0.407 e. The summed E-state index contributed by atoms with van der Waals surface area (Å²) in [6, 6.07) is 7.63. The number of aliphatic carboxylic acids is 1. The van der Waals surface area contributed by atoms with Crippen LogP contribution in [0.25, 0.3) is 0 Å². The number of nitrogens with zero attached hydrogens (tertiary/aromatic N) is 1. The molecule has 0 spiro atoms. The Morgan fingerprint density at radius 3 is 2.43 bits per heavy atom. The van der Waals surface area contributed by atoms with Gasteiger partial charge in [0, 0.05) is 24.4 Å². The molecule has 3 atom stereocenters. The van der Waals surface area contributed by atoms with Crippen LogP contribution in [0.1, 0.15) is 88.7 Å². The number of carbonyl (C=O) groups is 2. The number of amides is 1. The van der Waals surface area contributed by atoms with Gasteiger partial charge in [-0.2, -0.15) is 0 Å². The third-order valence-electron chi connectivity index (χ3n) is 7.98. The second-order valence-corrected chi connectivity index (χ2v) is 11.3. The Balaban J connectivity index is 1.95. The molecule has 0 aromatic heterocycles. The minimum absolute atomic E-state index is 0.0980. The Labute approximate surface area is 210 Å². The molecule has 2 aliphatic rings. The van der Waals surface area contributed by atoms with Gasteiger partial charge in [-0.1, -0.05) is 56.4 Å². The molecule has 0 heterocycles. The molecular weight excluding hydrogens is 444 g/mol. The van der Waals surface area contributed by atoms with Crippen molar-refractivity contribution in [1.29, 1.82) is 0 Å². The molecule has 3 rings (SSSR count). The zero-order valence-corrected chi connectivity index (χ0v) is 21.9.